The second-order valence-corrected chi connectivity index (χ2v) is 10.5. The Kier molecular flexibility index (Phi) is 6.70. The van der Waals surface area contributed by atoms with Crippen LogP contribution in [0.1, 0.15) is 47.1 Å². The van der Waals surface area contributed by atoms with Crippen molar-refractivity contribution in [3.63, 3.8) is 0 Å². The highest BCUT2D eigenvalue weighted by Gasteiger charge is 2.33. The molecule has 1 aromatic rings. The number of piperazine rings is 1. The van der Waals surface area contributed by atoms with E-state index in [-0.39, 0.29) is 5.91 Å². The molecule has 1 aromatic carbocycles. The van der Waals surface area contributed by atoms with E-state index >= 15 is 0 Å². The van der Waals surface area contributed by atoms with Crippen molar-refractivity contribution in [3.8, 4) is 0 Å². The molecule has 7 heteroatoms. The van der Waals surface area contributed by atoms with Gasteiger partial charge in [-0.1, -0.05) is 0 Å². The number of hydrogen-bond donors (Lipinski definition) is 0. The molecule has 0 atom stereocenters. The summed E-state index contributed by atoms with van der Waals surface area (Å²) < 4.78 is 28.5. The minimum absolute atomic E-state index is 0.178. The molecule has 6 nitrogen and oxygen atoms in total. The third kappa shape index (κ3) is 4.37. The number of benzene rings is 1. The summed E-state index contributed by atoms with van der Waals surface area (Å²) in [5, 5.41) is 0. The number of carbonyl (C=O) groups is 1. The molecule has 0 aliphatic carbocycles. The van der Waals surface area contributed by atoms with Crippen molar-refractivity contribution in [2.45, 2.75) is 58.8 Å². The van der Waals surface area contributed by atoms with Gasteiger partial charge >= 0.3 is 0 Å². The lowest BCUT2D eigenvalue weighted by Gasteiger charge is -2.36. The van der Waals surface area contributed by atoms with Crippen LogP contribution in [0.4, 0.5) is 0 Å². The highest BCUT2D eigenvalue weighted by molar-refractivity contribution is 7.89. The Morgan fingerprint density at radius 3 is 1.72 bits per heavy atom. The first-order valence-corrected chi connectivity index (χ1v) is 12.2. The Balaban J connectivity index is 1.70. The zero-order chi connectivity index (χ0) is 21.3. The summed E-state index contributed by atoms with van der Waals surface area (Å²) in [4.78, 5) is 17.0. The van der Waals surface area contributed by atoms with Crippen LogP contribution in [0.5, 0.6) is 0 Å². The van der Waals surface area contributed by atoms with Gasteiger partial charge in [-0.05, 0) is 81.7 Å². The molecular formula is C22H35N3O3S. The fourth-order valence-electron chi connectivity index (χ4n) is 4.54. The lowest BCUT2D eigenvalue weighted by Crippen LogP contribution is -2.52. The predicted molar refractivity (Wildman–Crippen MR) is 116 cm³/mol. The molecule has 2 aliphatic rings. The average molecular weight is 422 g/mol. The van der Waals surface area contributed by atoms with Gasteiger partial charge in [-0.15, -0.1) is 0 Å². The van der Waals surface area contributed by atoms with E-state index in [1.54, 1.807) is 4.31 Å². The predicted octanol–water partition coefficient (Wildman–Crippen LogP) is 2.55. The molecule has 0 spiro atoms. The second kappa shape index (κ2) is 8.74. The topological polar surface area (TPSA) is 60.9 Å². The standard InChI is InChI=1S/C22H35N3O3S/c1-16-17(2)19(4)22(20(5)18(16)3)29(27,28)25-13-11-23(12-14-25)15-21(26)24-9-7-6-8-10-24/h6-15H2,1-5H3. The molecule has 0 N–H and O–H groups in total. The van der Waals surface area contributed by atoms with Crippen LogP contribution in [0.15, 0.2) is 4.90 Å². The maximum Gasteiger partial charge on any atom is 0.243 e. The number of rotatable bonds is 4. The lowest BCUT2D eigenvalue weighted by atomic mass is 9.95. The molecule has 1 amide bonds. The van der Waals surface area contributed by atoms with Gasteiger partial charge < -0.3 is 4.90 Å². The van der Waals surface area contributed by atoms with E-state index in [4.69, 9.17) is 0 Å². The SMILES string of the molecule is Cc1c(C)c(C)c(S(=O)(=O)N2CCN(CC(=O)N3CCCCC3)CC2)c(C)c1C. The number of hydrogen-bond acceptors (Lipinski definition) is 4. The van der Waals surface area contributed by atoms with Crippen molar-refractivity contribution in [2.24, 2.45) is 0 Å². The molecule has 0 bridgehead atoms. The molecule has 2 heterocycles. The zero-order valence-electron chi connectivity index (χ0n) is 18.5. The smallest absolute Gasteiger partial charge is 0.243 e. The van der Waals surface area contributed by atoms with E-state index in [1.807, 2.05) is 32.6 Å². The molecule has 0 radical (unpaired) electrons. The monoisotopic (exact) mass is 421 g/mol. The maximum atomic E-state index is 13.5. The Bertz CT molecular complexity index is 852. The first kappa shape index (κ1) is 22.2. The molecule has 0 unspecified atom stereocenters. The summed E-state index contributed by atoms with van der Waals surface area (Å²) in [5.41, 5.74) is 4.98. The van der Waals surface area contributed by atoms with Crippen molar-refractivity contribution in [1.82, 2.24) is 14.1 Å². The first-order valence-electron chi connectivity index (χ1n) is 10.7. The van der Waals surface area contributed by atoms with E-state index in [2.05, 4.69) is 11.8 Å². The molecule has 0 aromatic heterocycles. The number of amides is 1. The van der Waals surface area contributed by atoms with Crippen LogP contribution < -0.4 is 0 Å². The molecule has 3 rings (SSSR count). The number of carbonyl (C=O) groups excluding carboxylic acids is 1. The molecule has 162 valence electrons. The van der Waals surface area contributed by atoms with Crippen molar-refractivity contribution < 1.29 is 13.2 Å². The van der Waals surface area contributed by atoms with E-state index in [9.17, 15) is 13.2 Å². The Morgan fingerprint density at radius 2 is 1.21 bits per heavy atom. The van der Waals surface area contributed by atoms with Crippen LogP contribution in [0.25, 0.3) is 0 Å². The summed E-state index contributed by atoms with van der Waals surface area (Å²) in [6.07, 6.45) is 3.38. The highest BCUT2D eigenvalue weighted by Crippen LogP contribution is 2.31. The van der Waals surface area contributed by atoms with Gasteiger partial charge in [0, 0.05) is 39.3 Å². The van der Waals surface area contributed by atoms with Gasteiger partial charge in [0.25, 0.3) is 0 Å². The van der Waals surface area contributed by atoms with Gasteiger partial charge in [-0.25, -0.2) is 8.42 Å². The Labute approximate surface area is 175 Å². The summed E-state index contributed by atoms with van der Waals surface area (Å²) in [6.45, 7) is 14.1. The molecule has 2 saturated heterocycles. The molecule has 2 aliphatic heterocycles. The summed E-state index contributed by atoms with van der Waals surface area (Å²) in [5.74, 6) is 0.178. The van der Waals surface area contributed by atoms with Crippen LogP contribution in [-0.4, -0.2) is 74.2 Å². The summed E-state index contributed by atoms with van der Waals surface area (Å²) in [6, 6.07) is 0. The van der Waals surface area contributed by atoms with Gasteiger partial charge in [0.2, 0.25) is 15.9 Å². The zero-order valence-corrected chi connectivity index (χ0v) is 19.4. The van der Waals surface area contributed by atoms with E-state index in [0.29, 0.717) is 37.6 Å². The maximum absolute atomic E-state index is 13.5. The normalized spacial score (nSPS) is 19.6. The lowest BCUT2D eigenvalue weighted by molar-refractivity contribution is -0.133. The number of likely N-dealkylation sites (tertiary alicyclic amines) is 1. The van der Waals surface area contributed by atoms with E-state index in [0.717, 1.165) is 48.2 Å². The fourth-order valence-corrected chi connectivity index (χ4v) is 6.53. The van der Waals surface area contributed by atoms with Gasteiger partial charge in [-0.3, -0.25) is 9.69 Å². The third-order valence-corrected chi connectivity index (χ3v) is 9.10. The first-order chi connectivity index (χ1) is 13.6. The van der Waals surface area contributed by atoms with E-state index in [1.165, 1.54) is 12.0 Å². The van der Waals surface area contributed by atoms with Crippen LogP contribution in [0, 0.1) is 34.6 Å². The molecule has 2 fully saturated rings. The largest absolute Gasteiger partial charge is 0.342 e. The summed E-state index contributed by atoms with van der Waals surface area (Å²) in [7, 11) is -3.55. The van der Waals surface area contributed by atoms with Gasteiger partial charge in [0.1, 0.15) is 0 Å². The second-order valence-electron chi connectivity index (χ2n) is 8.58. The van der Waals surface area contributed by atoms with Crippen molar-refractivity contribution >= 4 is 15.9 Å². The fraction of sp³-hybridized carbons (Fsp3) is 0.682. The minimum atomic E-state index is -3.55. The van der Waals surface area contributed by atoms with Crippen molar-refractivity contribution in [1.29, 1.82) is 0 Å². The van der Waals surface area contributed by atoms with Crippen molar-refractivity contribution in [3.05, 3.63) is 27.8 Å². The molecule has 29 heavy (non-hydrogen) atoms. The Hall–Kier alpha value is -1.44. The van der Waals surface area contributed by atoms with Crippen LogP contribution >= 0.6 is 0 Å². The highest BCUT2D eigenvalue weighted by atomic mass is 32.2. The minimum Gasteiger partial charge on any atom is -0.342 e. The molecular weight excluding hydrogens is 386 g/mol. The van der Waals surface area contributed by atoms with Crippen LogP contribution in [0.3, 0.4) is 0 Å². The number of sulfonamides is 1. The van der Waals surface area contributed by atoms with Crippen molar-refractivity contribution in [2.75, 3.05) is 45.8 Å². The van der Waals surface area contributed by atoms with Gasteiger partial charge in [0.15, 0.2) is 0 Å². The number of nitrogens with zero attached hydrogens (tertiary/aromatic N) is 3. The Morgan fingerprint density at radius 1 is 0.724 bits per heavy atom. The number of piperidine rings is 1. The van der Waals surface area contributed by atoms with E-state index < -0.39 is 10.0 Å². The quantitative estimate of drug-likeness (QED) is 0.750. The third-order valence-electron chi connectivity index (χ3n) is 6.93. The van der Waals surface area contributed by atoms with Gasteiger partial charge in [-0.2, -0.15) is 4.31 Å². The van der Waals surface area contributed by atoms with Gasteiger partial charge in [0.05, 0.1) is 11.4 Å². The van der Waals surface area contributed by atoms with Crippen LogP contribution in [-0.2, 0) is 14.8 Å². The average Bonchev–Trinajstić information content (AvgIpc) is 2.72. The van der Waals surface area contributed by atoms with Crippen LogP contribution in [0.2, 0.25) is 0 Å². The summed E-state index contributed by atoms with van der Waals surface area (Å²) >= 11 is 0. The molecule has 0 saturated carbocycles.